The number of carbonyl (C=O) groups excluding carboxylic acids is 1. The van der Waals surface area contributed by atoms with E-state index in [0.717, 1.165) is 24.1 Å². The average Bonchev–Trinajstić information content (AvgIpc) is 2.46. The van der Waals surface area contributed by atoms with Gasteiger partial charge in [0.1, 0.15) is 4.99 Å². The van der Waals surface area contributed by atoms with Crippen LogP contribution in [0.3, 0.4) is 0 Å². The Morgan fingerprint density at radius 3 is 2.30 bits per heavy atom. The molecule has 4 heteroatoms. The van der Waals surface area contributed by atoms with E-state index in [4.69, 9.17) is 18.0 Å². The van der Waals surface area contributed by atoms with E-state index in [-0.39, 0.29) is 5.91 Å². The van der Waals surface area contributed by atoms with Crippen LogP contribution in [0.5, 0.6) is 0 Å². The van der Waals surface area contributed by atoms with Crippen molar-refractivity contribution in [1.29, 1.82) is 0 Å². The summed E-state index contributed by atoms with van der Waals surface area (Å²) in [5.41, 5.74) is 7.26. The Bertz CT molecular complexity index is 442. The normalized spacial score (nSPS) is 10.3. The molecular weight excluding hydrogens is 268 g/mol. The Kier molecular flexibility index (Phi) is 7.23. The molecule has 0 aromatic heterocycles. The first kappa shape index (κ1) is 16.6. The zero-order valence-electron chi connectivity index (χ0n) is 12.4. The van der Waals surface area contributed by atoms with Gasteiger partial charge in [-0.1, -0.05) is 44.8 Å². The summed E-state index contributed by atoms with van der Waals surface area (Å²) < 4.78 is 0. The van der Waals surface area contributed by atoms with Crippen LogP contribution in [-0.4, -0.2) is 17.9 Å². The molecular formula is C16H24N2OS. The molecule has 20 heavy (non-hydrogen) atoms. The van der Waals surface area contributed by atoms with Gasteiger partial charge in [-0.3, -0.25) is 4.79 Å². The van der Waals surface area contributed by atoms with Crippen LogP contribution < -0.4 is 10.6 Å². The van der Waals surface area contributed by atoms with Gasteiger partial charge >= 0.3 is 0 Å². The van der Waals surface area contributed by atoms with Crippen LogP contribution in [0.1, 0.15) is 51.0 Å². The molecule has 0 fully saturated rings. The highest BCUT2D eigenvalue weighted by Crippen LogP contribution is 2.16. The van der Waals surface area contributed by atoms with Crippen LogP contribution in [0.25, 0.3) is 0 Å². The molecule has 3 nitrogen and oxygen atoms in total. The van der Waals surface area contributed by atoms with E-state index < -0.39 is 0 Å². The zero-order chi connectivity index (χ0) is 15.0. The Labute approximate surface area is 127 Å². The molecule has 2 N–H and O–H groups in total. The van der Waals surface area contributed by atoms with Crippen LogP contribution in [-0.2, 0) is 4.79 Å². The van der Waals surface area contributed by atoms with Gasteiger partial charge in [-0.25, -0.2) is 0 Å². The first-order chi connectivity index (χ1) is 9.56. The summed E-state index contributed by atoms with van der Waals surface area (Å²) in [5.74, 6) is 0.157. The van der Waals surface area contributed by atoms with Gasteiger partial charge in [-0.15, -0.1) is 0 Å². The Balaban J connectivity index is 2.45. The first-order valence-corrected chi connectivity index (χ1v) is 7.63. The number of hydrogen-bond acceptors (Lipinski definition) is 2. The maximum atomic E-state index is 12.1. The molecule has 110 valence electrons. The van der Waals surface area contributed by atoms with E-state index in [1.165, 1.54) is 19.3 Å². The smallest absolute Gasteiger partial charge is 0.226 e. The lowest BCUT2D eigenvalue weighted by atomic mass is 10.1. The third kappa shape index (κ3) is 5.29. The number of rotatable bonds is 8. The molecule has 1 rings (SSSR count). The van der Waals surface area contributed by atoms with Crippen molar-refractivity contribution in [1.82, 2.24) is 0 Å². The van der Waals surface area contributed by atoms with Crippen molar-refractivity contribution in [2.75, 3.05) is 11.9 Å². The number of anilines is 1. The zero-order valence-corrected chi connectivity index (χ0v) is 13.2. The minimum absolute atomic E-state index is 0.157. The molecule has 0 bridgehead atoms. The van der Waals surface area contributed by atoms with Crippen molar-refractivity contribution >= 4 is 28.8 Å². The van der Waals surface area contributed by atoms with Crippen molar-refractivity contribution in [3.8, 4) is 0 Å². The first-order valence-electron chi connectivity index (χ1n) is 7.22. The fourth-order valence-electron chi connectivity index (χ4n) is 2.04. The van der Waals surface area contributed by atoms with Crippen molar-refractivity contribution in [2.45, 2.75) is 45.4 Å². The summed E-state index contributed by atoms with van der Waals surface area (Å²) in [5, 5.41) is 0. The molecule has 1 aromatic carbocycles. The van der Waals surface area contributed by atoms with Gasteiger partial charge in [0.2, 0.25) is 5.91 Å². The molecule has 0 saturated carbocycles. The van der Waals surface area contributed by atoms with Crippen LogP contribution in [0.2, 0.25) is 0 Å². The third-order valence-corrected chi connectivity index (χ3v) is 3.64. The maximum Gasteiger partial charge on any atom is 0.226 e. The Morgan fingerprint density at radius 1 is 1.15 bits per heavy atom. The number of unbranched alkanes of at least 4 members (excludes halogenated alkanes) is 4. The van der Waals surface area contributed by atoms with Crippen LogP contribution in [0.15, 0.2) is 24.3 Å². The predicted molar refractivity (Wildman–Crippen MR) is 89.1 cm³/mol. The van der Waals surface area contributed by atoms with Crippen molar-refractivity contribution in [2.24, 2.45) is 5.73 Å². The minimum atomic E-state index is 0.157. The fraction of sp³-hybridized carbons (Fsp3) is 0.500. The molecule has 1 aromatic rings. The highest BCUT2D eigenvalue weighted by atomic mass is 32.1. The number of carbonyl (C=O) groups is 1. The quantitative estimate of drug-likeness (QED) is 0.587. The van der Waals surface area contributed by atoms with E-state index >= 15 is 0 Å². The van der Waals surface area contributed by atoms with Crippen molar-refractivity contribution in [3.63, 3.8) is 0 Å². The van der Waals surface area contributed by atoms with Crippen molar-refractivity contribution < 1.29 is 4.79 Å². The molecule has 0 spiro atoms. The number of nitrogens with two attached hydrogens (primary N) is 1. The van der Waals surface area contributed by atoms with E-state index in [9.17, 15) is 4.79 Å². The SMILES string of the molecule is CCCCCCCC(=O)N(C)c1ccc(C(N)=S)cc1. The summed E-state index contributed by atoms with van der Waals surface area (Å²) in [4.78, 5) is 14.1. The molecule has 0 aliphatic heterocycles. The minimum Gasteiger partial charge on any atom is -0.389 e. The predicted octanol–water partition coefficient (Wildman–Crippen LogP) is 3.64. The molecule has 0 heterocycles. The number of nitrogens with zero attached hydrogens (tertiary/aromatic N) is 1. The summed E-state index contributed by atoms with van der Waals surface area (Å²) in [6.45, 7) is 2.19. The second-order valence-corrected chi connectivity index (χ2v) is 5.47. The highest BCUT2D eigenvalue weighted by molar-refractivity contribution is 7.80. The fourth-order valence-corrected chi connectivity index (χ4v) is 2.18. The van der Waals surface area contributed by atoms with E-state index in [2.05, 4.69) is 6.92 Å². The molecule has 0 aliphatic carbocycles. The monoisotopic (exact) mass is 292 g/mol. The van der Waals surface area contributed by atoms with Gasteiger partial charge in [0.15, 0.2) is 0 Å². The van der Waals surface area contributed by atoms with Gasteiger partial charge in [-0.2, -0.15) is 0 Å². The van der Waals surface area contributed by atoms with E-state index in [1.54, 1.807) is 4.90 Å². The number of hydrogen-bond donors (Lipinski definition) is 1. The largest absolute Gasteiger partial charge is 0.389 e. The van der Waals surface area contributed by atoms with Crippen LogP contribution in [0, 0.1) is 0 Å². The maximum absolute atomic E-state index is 12.1. The van der Waals surface area contributed by atoms with Gasteiger partial charge in [-0.05, 0) is 30.7 Å². The number of benzene rings is 1. The van der Waals surface area contributed by atoms with E-state index in [0.29, 0.717) is 11.4 Å². The van der Waals surface area contributed by atoms with Gasteiger partial charge in [0.05, 0.1) is 0 Å². The molecule has 0 radical (unpaired) electrons. The number of thiocarbonyl (C=S) groups is 1. The Morgan fingerprint density at radius 2 is 1.75 bits per heavy atom. The summed E-state index contributed by atoms with van der Waals surface area (Å²) in [6.07, 6.45) is 6.41. The summed E-state index contributed by atoms with van der Waals surface area (Å²) in [6, 6.07) is 7.46. The lowest BCUT2D eigenvalue weighted by molar-refractivity contribution is -0.118. The molecule has 0 unspecified atom stereocenters. The second-order valence-electron chi connectivity index (χ2n) is 5.03. The highest BCUT2D eigenvalue weighted by Gasteiger charge is 2.10. The lowest BCUT2D eigenvalue weighted by Gasteiger charge is -2.17. The van der Waals surface area contributed by atoms with Gasteiger partial charge in [0.25, 0.3) is 0 Å². The second kappa shape index (κ2) is 8.69. The molecule has 0 saturated heterocycles. The molecule has 0 atom stereocenters. The van der Waals surface area contributed by atoms with Crippen molar-refractivity contribution in [3.05, 3.63) is 29.8 Å². The summed E-state index contributed by atoms with van der Waals surface area (Å²) >= 11 is 4.91. The average molecular weight is 292 g/mol. The number of amides is 1. The molecule has 0 aliphatic rings. The van der Waals surface area contributed by atoms with Gasteiger partial charge < -0.3 is 10.6 Å². The molecule has 1 amide bonds. The topological polar surface area (TPSA) is 46.3 Å². The lowest BCUT2D eigenvalue weighted by Crippen LogP contribution is -2.25. The van der Waals surface area contributed by atoms with Gasteiger partial charge in [0, 0.05) is 24.7 Å². The third-order valence-electron chi connectivity index (χ3n) is 3.41. The standard InChI is InChI=1S/C16H24N2OS/c1-3-4-5-6-7-8-15(19)18(2)14-11-9-13(10-12-14)16(17)20/h9-12H,3-8H2,1-2H3,(H2,17,20). The van der Waals surface area contributed by atoms with Crippen LogP contribution >= 0.6 is 12.2 Å². The Hall–Kier alpha value is -1.42. The summed E-state index contributed by atoms with van der Waals surface area (Å²) in [7, 11) is 1.81. The van der Waals surface area contributed by atoms with Crippen LogP contribution in [0.4, 0.5) is 5.69 Å². The van der Waals surface area contributed by atoms with E-state index in [1.807, 2.05) is 31.3 Å².